The van der Waals surface area contributed by atoms with Crippen LogP contribution < -0.4 is 5.32 Å². The predicted octanol–water partition coefficient (Wildman–Crippen LogP) is 2.09. The van der Waals surface area contributed by atoms with Crippen molar-refractivity contribution in [2.75, 3.05) is 18.4 Å². The van der Waals surface area contributed by atoms with E-state index in [1.165, 1.54) is 0 Å². The lowest BCUT2D eigenvalue weighted by Gasteiger charge is -2.34. The molecule has 2 rings (SSSR count). The van der Waals surface area contributed by atoms with E-state index < -0.39 is 6.10 Å². The number of piperidine rings is 1. The molecule has 0 saturated carbocycles. The highest BCUT2D eigenvalue weighted by molar-refractivity contribution is 5.88. The van der Waals surface area contributed by atoms with Gasteiger partial charge in [-0.3, -0.25) is 5.32 Å². The predicted molar refractivity (Wildman–Crippen MR) is 77.6 cm³/mol. The van der Waals surface area contributed by atoms with E-state index in [0.29, 0.717) is 18.9 Å². The first-order valence-corrected chi connectivity index (χ1v) is 7.30. The monoisotopic (exact) mass is 280 g/mol. The molecule has 0 radical (unpaired) electrons. The molecule has 6 heteroatoms. The summed E-state index contributed by atoms with van der Waals surface area (Å²) in [4.78, 5) is 13.9. The van der Waals surface area contributed by atoms with Gasteiger partial charge in [0.05, 0.1) is 18.3 Å². The van der Waals surface area contributed by atoms with Crippen LogP contribution in [-0.4, -0.2) is 45.0 Å². The molecule has 3 unspecified atom stereocenters. The number of rotatable bonds is 3. The van der Waals surface area contributed by atoms with E-state index in [4.69, 9.17) is 0 Å². The average molecular weight is 280 g/mol. The van der Waals surface area contributed by atoms with Crippen LogP contribution in [0.2, 0.25) is 0 Å². The molecule has 1 fully saturated rings. The third-order valence-electron chi connectivity index (χ3n) is 4.12. The third kappa shape index (κ3) is 3.12. The number of urea groups is 1. The van der Waals surface area contributed by atoms with Crippen LogP contribution in [0.3, 0.4) is 0 Å². The molecule has 2 heterocycles. The Morgan fingerprint density at radius 3 is 3.05 bits per heavy atom. The summed E-state index contributed by atoms with van der Waals surface area (Å²) in [5.74, 6) is 0.960. The zero-order valence-corrected chi connectivity index (χ0v) is 12.4. The van der Waals surface area contributed by atoms with Crippen molar-refractivity contribution in [2.24, 2.45) is 5.92 Å². The Balaban J connectivity index is 2.00. The molecular weight excluding hydrogens is 256 g/mol. The largest absolute Gasteiger partial charge is 0.391 e. The second-order valence-electron chi connectivity index (χ2n) is 5.63. The third-order valence-corrected chi connectivity index (χ3v) is 4.12. The minimum Gasteiger partial charge on any atom is -0.391 e. The Morgan fingerprint density at radius 1 is 1.65 bits per heavy atom. The number of likely N-dealkylation sites (tertiary alicyclic amines) is 1. The number of anilines is 1. The number of carbonyl (C=O) groups is 1. The van der Waals surface area contributed by atoms with E-state index in [9.17, 15) is 9.90 Å². The van der Waals surface area contributed by atoms with Crippen LogP contribution in [0.1, 0.15) is 39.7 Å². The fourth-order valence-corrected chi connectivity index (χ4v) is 2.36. The minimum absolute atomic E-state index is 0.166. The van der Waals surface area contributed by atoms with Crippen LogP contribution in [0.4, 0.5) is 10.6 Å². The van der Waals surface area contributed by atoms with Crippen LogP contribution in [0, 0.1) is 5.92 Å². The van der Waals surface area contributed by atoms with Crippen LogP contribution >= 0.6 is 0 Å². The highest BCUT2D eigenvalue weighted by Crippen LogP contribution is 2.20. The average Bonchev–Trinajstić information content (AvgIpc) is 2.89. The van der Waals surface area contributed by atoms with Gasteiger partial charge < -0.3 is 10.0 Å². The van der Waals surface area contributed by atoms with Gasteiger partial charge in [0.1, 0.15) is 5.82 Å². The highest BCUT2D eigenvalue weighted by atomic mass is 16.3. The normalized spacial score (nSPS) is 24.5. The lowest BCUT2D eigenvalue weighted by molar-refractivity contribution is 0.0463. The van der Waals surface area contributed by atoms with E-state index in [1.807, 2.05) is 11.6 Å². The summed E-state index contributed by atoms with van der Waals surface area (Å²) in [7, 11) is 0. The fourth-order valence-electron chi connectivity index (χ4n) is 2.36. The van der Waals surface area contributed by atoms with Crippen molar-refractivity contribution in [1.29, 1.82) is 0 Å². The van der Waals surface area contributed by atoms with Gasteiger partial charge in [-0.25, -0.2) is 9.48 Å². The summed E-state index contributed by atoms with van der Waals surface area (Å²) in [6, 6.07) is 1.88. The number of hydrogen-bond donors (Lipinski definition) is 2. The van der Waals surface area contributed by atoms with Crippen LogP contribution in [0.5, 0.6) is 0 Å². The Morgan fingerprint density at radius 2 is 2.40 bits per heavy atom. The summed E-state index contributed by atoms with van der Waals surface area (Å²) in [6.07, 6.45) is 3.03. The van der Waals surface area contributed by atoms with Gasteiger partial charge in [-0.2, -0.15) is 5.10 Å². The zero-order chi connectivity index (χ0) is 14.7. The maximum absolute atomic E-state index is 12.2. The van der Waals surface area contributed by atoms with Crippen molar-refractivity contribution >= 4 is 11.8 Å². The second kappa shape index (κ2) is 6.26. The Labute approximate surface area is 119 Å². The van der Waals surface area contributed by atoms with Gasteiger partial charge in [-0.15, -0.1) is 0 Å². The number of amides is 2. The van der Waals surface area contributed by atoms with Crippen LogP contribution in [0.15, 0.2) is 12.3 Å². The van der Waals surface area contributed by atoms with Gasteiger partial charge >= 0.3 is 6.03 Å². The molecule has 1 aromatic heterocycles. The first-order valence-electron chi connectivity index (χ1n) is 7.30. The van der Waals surface area contributed by atoms with Gasteiger partial charge in [0.25, 0.3) is 0 Å². The summed E-state index contributed by atoms with van der Waals surface area (Å²) >= 11 is 0. The molecule has 112 valence electrons. The SMILES string of the molecule is CCC(C)n1nccc1NC(=O)N1CCC(C)C(O)C1. The van der Waals surface area contributed by atoms with Gasteiger partial charge in [0.15, 0.2) is 0 Å². The lowest BCUT2D eigenvalue weighted by atomic mass is 9.96. The van der Waals surface area contributed by atoms with E-state index in [-0.39, 0.29) is 18.0 Å². The van der Waals surface area contributed by atoms with E-state index in [1.54, 1.807) is 17.2 Å². The summed E-state index contributed by atoms with van der Waals surface area (Å²) in [6.45, 7) is 7.24. The standard InChI is InChI=1S/C14H24N4O2/c1-4-11(3)18-13(5-7-15-18)16-14(20)17-8-6-10(2)12(19)9-17/h5,7,10-12,19H,4,6,8-9H2,1-3H3,(H,16,20). The number of hydrogen-bond acceptors (Lipinski definition) is 3. The lowest BCUT2D eigenvalue weighted by Crippen LogP contribution is -2.47. The second-order valence-corrected chi connectivity index (χ2v) is 5.63. The van der Waals surface area contributed by atoms with Crippen molar-refractivity contribution in [3.8, 4) is 0 Å². The van der Waals surface area contributed by atoms with Gasteiger partial charge in [0.2, 0.25) is 0 Å². The van der Waals surface area contributed by atoms with Crippen molar-refractivity contribution in [1.82, 2.24) is 14.7 Å². The van der Waals surface area contributed by atoms with E-state index >= 15 is 0 Å². The molecule has 0 aliphatic carbocycles. The number of carbonyl (C=O) groups excluding carboxylic acids is 1. The molecule has 1 aliphatic rings. The smallest absolute Gasteiger partial charge is 0.323 e. The molecule has 1 saturated heterocycles. The quantitative estimate of drug-likeness (QED) is 0.890. The van der Waals surface area contributed by atoms with E-state index in [0.717, 1.165) is 12.8 Å². The molecule has 0 spiro atoms. The summed E-state index contributed by atoms with van der Waals surface area (Å²) < 4.78 is 1.82. The minimum atomic E-state index is -0.436. The van der Waals surface area contributed by atoms with E-state index in [2.05, 4.69) is 24.3 Å². The molecule has 2 N–H and O–H groups in total. The van der Waals surface area contributed by atoms with Gasteiger partial charge in [-0.1, -0.05) is 13.8 Å². The Bertz CT molecular complexity index is 460. The molecule has 6 nitrogen and oxygen atoms in total. The van der Waals surface area contributed by atoms with Crippen molar-refractivity contribution < 1.29 is 9.90 Å². The summed E-state index contributed by atoms with van der Waals surface area (Å²) in [5, 5.41) is 17.0. The molecule has 2 amide bonds. The molecular formula is C14H24N4O2. The highest BCUT2D eigenvalue weighted by Gasteiger charge is 2.27. The maximum Gasteiger partial charge on any atom is 0.323 e. The molecule has 0 bridgehead atoms. The van der Waals surface area contributed by atoms with Crippen molar-refractivity contribution in [3.63, 3.8) is 0 Å². The zero-order valence-electron chi connectivity index (χ0n) is 12.4. The Hall–Kier alpha value is -1.56. The fraction of sp³-hybridized carbons (Fsp3) is 0.714. The summed E-state index contributed by atoms with van der Waals surface area (Å²) in [5.41, 5.74) is 0. The number of β-amino-alcohol motifs (C(OH)–C–C–N with tert-alkyl or cyclic N) is 1. The number of aliphatic hydroxyl groups excluding tert-OH is 1. The number of nitrogens with zero attached hydrogens (tertiary/aromatic N) is 3. The molecule has 3 atom stereocenters. The van der Waals surface area contributed by atoms with Crippen molar-refractivity contribution in [3.05, 3.63) is 12.3 Å². The first-order chi connectivity index (χ1) is 9.52. The van der Waals surface area contributed by atoms with Crippen LogP contribution in [-0.2, 0) is 0 Å². The number of aliphatic hydroxyl groups is 1. The Kier molecular flexibility index (Phi) is 4.65. The van der Waals surface area contributed by atoms with Crippen molar-refractivity contribution in [2.45, 2.75) is 45.8 Å². The number of aromatic nitrogens is 2. The first kappa shape index (κ1) is 14.8. The topological polar surface area (TPSA) is 70.4 Å². The molecule has 1 aliphatic heterocycles. The van der Waals surface area contributed by atoms with Crippen LogP contribution in [0.25, 0.3) is 0 Å². The van der Waals surface area contributed by atoms with Gasteiger partial charge in [-0.05, 0) is 25.7 Å². The molecule has 1 aromatic rings. The van der Waals surface area contributed by atoms with Gasteiger partial charge in [0, 0.05) is 19.2 Å². The number of nitrogens with one attached hydrogen (secondary N) is 1. The molecule has 0 aromatic carbocycles. The molecule has 20 heavy (non-hydrogen) atoms. The maximum atomic E-state index is 12.2.